The Morgan fingerprint density at radius 1 is 1.20 bits per heavy atom. The van der Waals surface area contributed by atoms with Gasteiger partial charge in [0.2, 0.25) is 0 Å². The van der Waals surface area contributed by atoms with Crippen molar-refractivity contribution in [2.24, 2.45) is 0 Å². The third-order valence-electron chi connectivity index (χ3n) is 3.68. The molecule has 4 heteroatoms. The van der Waals surface area contributed by atoms with Crippen LogP contribution in [0.5, 0.6) is 0 Å². The lowest BCUT2D eigenvalue weighted by atomic mass is 10.1. The minimum atomic E-state index is 0.472. The second-order valence-corrected chi connectivity index (χ2v) is 6.32. The van der Waals surface area contributed by atoms with Crippen molar-refractivity contribution in [3.05, 3.63) is 40.9 Å². The summed E-state index contributed by atoms with van der Waals surface area (Å²) in [6.07, 6.45) is 5.55. The van der Waals surface area contributed by atoms with Crippen LogP contribution >= 0.6 is 22.9 Å². The first-order valence-corrected chi connectivity index (χ1v) is 8.48. The van der Waals surface area contributed by atoms with E-state index in [1.54, 1.807) is 11.3 Å². The summed E-state index contributed by atoms with van der Waals surface area (Å²) in [5.74, 6) is 0.476. The summed E-state index contributed by atoms with van der Waals surface area (Å²) in [6, 6.07) is 8.49. The summed E-state index contributed by atoms with van der Waals surface area (Å²) in [6.45, 7) is 0.718. The SMILES string of the molecule is ClCc1csc(-c2ccc(COC3CCCC3)cc2)n1. The minimum absolute atomic E-state index is 0.472. The van der Waals surface area contributed by atoms with Crippen molar-refractivity contribution in [3.8, 4) is 10.6 Å². The molecule has 106 valence electrons. The molecule has 1 fully saturated rings. The fourth-order valence-corrected chi connectivity index (χ4v) is 3.57. The van der Waals surface area contributed by atoms with Crippen molar-refractivity contribution in [2.75, 3.05) is 0 Å². The van der Waals surface area contributed by atoms with Crippen LogP contribution in [0.1, 0.15) is 36.9 Å². The number of rotatable bonds is 5. The number of alkyl halides is 1. The molecule has 1 aromatic heterocycles. The second kappa shape index (κ2) is 6.70. The lowest BCUT2D eigenvalue weighted by molar-refractivity contribution is 0.0457. The lowest BCUT2D eigenvalue weighted by Gasteiger charge is -2.11. The van der Waals surface area contributed by atoms with Gasteiger partial charge < -0.3 is 4.74 Å². The normalized spacial score (nSPS) is 15.8. The van der Waals surface area contributed by atoms with Crippen LogP contribution in [0.3, 0.4) is 0 Å². The molecular weight excluding hydrogens is 290 g/mol. The van der Waals surface area contributed by atoms with E-state index in [0.29, 0.717) is 12.0 Å². The molecule has 0 bridgehead atoms. The summed E-state index contributed by atoms with van der Waals surface area (Å²) in [4.78, 5) is 4.49. The number of hydrogen-bond acceptors (Lipinski definition) is 3. The maximum absolute atomic E-state index is 5.93. The van der Waals surface area contributed by atoms with Crippen LogP contribution < -0.4 is 0 Å². The van der Waals surface area contributed by atoms with Crippen LogP contribution in [-0.2, 0) is 17.2 Å². The van der Waals surface area contributed by atoms with E-state index in [0.717, 1.165) is 22.9 Å². The highest BCUT2D eigenvalue weighted by atomic mass is 35.5. The molecule has 3 rings (SSSR count). The highest BCUT2D eigenvalue weighted by Gasteiger charge is 2.15. The average Bonchev–Trinajstić information content (AvgIpc) is 3.17. The quantitative estimate of drug-likeness (QED) is 0.725. The van der Waals surface area contributed by atoms with Gasteiger partial charge >= 0.3 is 0 Å². The number of benzene rings is 1. The second-order valence-electron chi connectivity index (χ2n) is 5.19. The highest BCUT2D eigenvalue weighted by Crippen LogP contribution is 2.26. The van der Waals surface area contributed by atoms with Crippen molar-refractivity contribution in [2.45, 2.75) is 44.3 Å². The minimum Gasteiger partial charge on any atom is -0.374 e. The van der Waals surface area contributed by atoms with E-state index >= 15 is 0 Å². The number of aromatic nitrogens is 1. The van der Waals surface area contributed by atoms with E-state index in [4.69, 9.17) is 16.3 Å². The lowest BCUT2D eigenvalue weighted by Crippen LogP contribution is -2.06. The standard InChI is InChI=1S/C16H18ClNOS/c17-9-14-11-20-16(18-14)13-7-5-12(6-8-13)10-19-15-3-1-2-4-15/h5-8,11,15H,1-4,9-10H2. The van der Waals surface area contributed by atoms with Gasteiger partial charge in [-0.2, -0.15) is 0 Å². The molecule has 0 radical (unpaired) electrons. The number of thiazole rings is 1. The molecule has 0 atom stereocenters. The summed E-state index contributed by atoms with van der Waals surface area (Å²) >= 11 is 7.42. The van der Waals surface area contributed by atoms with E-state index < -0.39 is 0 Å². The van der Waals surface area contributed by atoms with Gasteiger partial charge in [0.1, 0.15) is 5.01 Å². The van der Waals surface area contributed by atoms with Gasteiger partial charge in [-0.3, -0.25) is 0 Å². The van der Waals surface area contributed by atoms with Crippen molar-refractivity contribution in [1.82, 2.24) is 4.98 Å². The van der Waals surface area contributed by atoms with Gasteiger partial charge in [-0.05, 0) is 18.4 Å². The molecule has 1 aliphatic carbocycles. The van der Waals surface area contributed by atoms with Gasteiger partial charge in [-0.15, -0.1) is 22.9 Å². The third kappa shape index (κ3) is 3.40. The number of hydrogen-bond donors (Lipinski definition) is 0. The Bertz CT molecular complexity index is 546. The monoisotopic (exact) mass is 307 g/mol. The molecule has 0 unspecified atom stereocenters. The summed E-state index contributed by atoms with van der Waals surface area (Å²) < 4.78 is 5.93. The van der Waals surface area contributed by atoms with Crippen LogP contribution in [0.2, 0.25) is 0 Å². The van der Waals surface area contributed by atoms with Crippen LogP contribution in [0.4, 0.5) is 0 Å². The zero-order valence-electron chi connectivity index (χ0n) is 11.3. The topological polar surface area (TPSA) is 22.1 Å². The van der Waals surface area contributed by atoms with Gasteiger partial charge in [-0.1, -0.05) is 37.1 Å². The van der Waals surface area contributed by atoms with Crippen molar-refractivity contribution < 1.29 is 4.74 Å². The van der Waals surface area contributed by atoms with E-state index in [2.05, 4.69) is 29.2 Å². The molecule has 0 amide bonds. The third-order valence-corrected chi connectivity index (χ3v) is 4.89. The maximum Gasteiger partial charge on any atom is 0.123 e. The zero-order chi connectivity index (χ0) is 13.8. The fraction of sp³-hybridized carbons (Fsp3) is 0.438. The molecule has 0 aliphatic heterocycles. The summed E-state index contributed by atoms with van der Waals surface area (Å²) in [5, 5.41) is 3.04. The first kappa shape index (κ1) is 14.1. The Hall–Kier alpha value is -0.900. The van der Waals surface area contributed by atoms with Gasteiger partial charge in [0, 0.05) is 10.9 Å². The van der Waals surface area contributed by atoms with Crippen LogP contribution in [0, 0.1) is 0 Å². The van der Waals surface area contributed by atoms with Crippen molar-refractivity contribution in [3.63, 3.8) is 0 Å². The average molecular weight is 308 g/mol. The molecule has 0 saturated heterocycles. The van der Waals surface area contributed by atoms with Gasteiger partial charge in [0.05, 0.1) is 24.3 Å². The highest BCUT2D eigenvalue weighted by molar-refractivity contribution is 7.13. The molecular formula is C16H18ClNOS. The summed E-state index contributed by atoms with van der Waals surface area (Å²) in [7, 11) is 0. The summed E-state index contributed by atoms with van der Waals surface area (Å²) in [5.41, 5.74) is 3.33. The van der Waals surface area contributed by atoms with E-state index in [1.165, 1.54) is 31.2 Å². The first-order chi connectivity index (χ1) is 9.85. The predicted octanol–water partition coefficient (Wildman–Crippen LogP) is 5.01. The van der Waals surface area contributed by atoms with Gasteiger partial charge in [-0.25, -0.2) is 4.98 Å². The molecule has 0 N–H and O–H groups in total. The Morgan fingerprint density at radius 3 is 2.60 bits per heavy atom. The maximum atomic E-state index is 5.93. The molecule has 1 aliphatic rings. The molecule has 0 spiro atoms. The Balaban J connectivity index is 1.61. The van der Waals surface area contributed by atoms with E-state index in [-0.39, 0.29) is 0 Å². The molecule has 1 heterocycles. The van der Waals surface area contributed by atoms with Crippen LogP contribution in [0.15, 0.2) is 29.6 Å². The Morgan fingerprint density at radius 2 is 1.95 bits per heavy atom. The zero-order valence-corrected chi connectivity index (χ0v) is 12.9. The fourth-order valence-electron chi connectivity index (χ4n) is 2.51. The van der Waals surface area contributed by atoms with Crippen molar-refractivity contribution in [1.29, 1.82) is 0 Å². The number of halogens is 1. The van der Waals surface area contributed by atoms with E-state index in [9.17, 15) is 0 Å². The predicted molar refractivity (Wildman–Crippen MR) is 84.2 cm³/mol. The van der Waals surface area contributed by atoms with Crippen molar-refractivity contribution >= 4 is 22.9 Å². The molecule has 20 heavy (non-hydrogen) atoms. The molecule has 1 aromatic carbocycles. The molecule has 1 saturated carbocycles. The van der Waals surface area contributed by atoms with Gasteiger partial charge in [0.15, 0.2) is 0 Å². The molecule has 2 aromatic rings. The number of nitrogens with zero attached hydrogens (tertiary/aromatic N) is 1. The van der Waals surface area contributed by atoms with Gasteiger partial charge in [0.25, 0.3) is 0 Å². The van der Waals surface area contributed by atoms with Crippen LogP contribution in [0.25, 0.3) is 10.6 Å². The Kier molecular flexibility index (Phi) is 4.71. The Labute approximate surface area is 128 Å². The smallest absolute Gasteiger partial charge is 0.123 e. The van der Waals surface area contributed by atoms with E-state index in [1.807, 2.05) is 5.38 Å². The molecule has 2 nitrogen and oxygen atoms in total. The largest absolute Gasteiger partial charge is 0.374 e. The van der Waals surface area contributed by atoms with Crippen LogP contribution in [-0.4, -0.2) is 11.1 Å². The first-order valence-electron chi connectivity index (χ1n) is 7.06. The number of ether oxygens (including phenoxy) is 1.